The highest BCUT2D eigenvalue weighted by Crippen LogP contribution is 2.17. The average molecular weight is 335 g/mol. The Labute approximate surface area is 146 Å². The van der Waals surface area contributed by atoms with Crippen molar-refractivity contribution in [1.82, 2.24) is 14.3 Å². The summed E-state index contributed by atoms with van der Waals surface area (Å²) in [6.45, 7) is 2.84. The number of ketones is 1. The Bertz CT molecular complexity index is 827. The van der Waals surface area contributed by atoms with Gasteiger partial charge >= 0.3 is 0 Å². The van der Waals surface area contributed by atoms with E-state index in [1.54, 1.807) is 0 Å². The number of hydrogen-bond donors (Lipinski definition) is 0. The molecule has 2 aromatic heterocycles. The van der Waals surface area contributed by atoms with Crippen molar-refractivity contribution in [3.8, 4) is 0 Å². The maximum absolute atomic E-state index is 12.5. The van der Waals surface area contributed by atoms with Gasteiger partial charge < -0.3 is 9.14 Å². The molecule has 1 aliphatic rings. The molecule has 0 amide bonds. The van der Waals surface area contributed by atoms with Crippen LogP contribution in [-0.4, -0.2) is 45.9 Å². The number of imidazole rings is 1. The molecule has 0 radical (unpaired) electrons. The molecule has 5 nitrogen and oxygen atoms in total. The number of carbonyl (C=O) groups excluding carboxylic acids is 1. The molecule has 128 valence electrons. The monoisotopic (exact) mass is 335 g/mol. The van der Waals surface area contributed by atoms with Gasteiger partial charge in [-0.25, -0.2) is 4.98 Å². The van der Waals surface area contributed by atoms with Gasteiger partial charge in [0.05, 0.1) is 18.9 Å². The van der Waals surface area contributed by atoms with Crippen LogP contribution in [-0.2, 0) is 11.3 Å². The van der Waals surface area contributed by atoms with E-state index in [9.17, 15) is 4.79 Å². The number of morpholine rings is 1. The standard InChI is InChI=1S/C20H21N3O2/c24-19(16-6-2-1-3-7-16)12-18-15-25-11-10-22(18)13-17-14-23-9-5-4-8-20(23)21-17/h1-9,14,18H,10-13,15H2. The molecule has 0 spiro atoms. The Balaban J connectivity index is 1.48. The maximum Gasteiger partial charge on any atom is 0.164 e. The van der Waals surface area contributed by atoms with Crippen molar-refractivity contribution in [2.24, 2.45) is 0 Å². The number of fused-ring (bicyclic) bond motifs is 1. The molecule has 3 aromatic rings. The Hall–Kier alpha value is -2.50. The number of ether oxygens (including phenoxy) is 1. The first kappa shape index (κ1) is 16.0. The van der Waals surface area contributed by atoms with Crippen molar-refractivity contribution >= 4 is 11.4 Å². The van der Waals surface area contributed by atoms with E-state index < -0.39 is 0 Å². The molecule has 3 heterocycles. The normalized spacial score (nSPS) is 18.5. The topological polar surface area (TPSA) is 46.8 Å². The zero-order valence-electron chi connectivity index (χ0n) is 14.0. The van der Waals surface area contributed by atoms with Crippen molar-refractivity contribution in [3.05, 3.63) is 72.2 Å². The van der Waals surface area contributed by atoms with Gasteiger partial charge in [0.15, 0.2) is 5.78 Å². The van der Waals surface area contributed by atoms with E-state index >= 15 is 0 Å². The number of hydrogen-bond acceptors (Lipinski definition) is 4. The van der Waals surface area contributed by atoms with Crippen molar-refractivity contribution in [3.63, 3.8) is 0 Å². The highest BCUT2D eigenvalue weighted by molar-refractivity contribution is 5.96. The molecule has 1 saturated heterocycles. The maximum atomic E-state index is 12.5. The predicted molar refractivity (Wildman–Crippen MR) is 95.6 cm³/mol. The van der Waals surface area contributed by atoms with Crippen LogP contribution in [0.1, 0.15) is 22.5 Å². The molecule has 1 aromatic carbocycles. The summed E-state index contributed by atoms with van der Waals surface area (Å²) >= 11 is 0. The Morgan fingerprint density at radius 3 is 2.84 bits per heavy atom. The van der Waals surface area contributed by atoms with E-state index in [0.717, 1.165) is 30.0 Å². The molecule has 4 rings (SSSR count). The Morgan fingerprint density at radius 2 is 2.00 bits per heavy atom. The molecule has 0 N–H and O–H groups in total. The van der Waals surface area contributed by atoms with E-state index in [1.807, 2.05) is 59.1 Å². The minimum absolute atomic E-state index is 0.0891. The number of carbonyl (C=O) groups is 1. The summed E-state index contributed by atoms with van der Waals surface area (Å²) in [5.41, 5.74) is 2.73. The quantitative estimate of drug-likeness (QED) is 0.673. The largest absolute Gasteiger partial charge is 0.378 e. The van der Waals surface area contributed by atoms with E-state index in [0.29, 0.717) is 19.6 Å². The zero-order chi connectivity index (χ0) is 17.1. The van der Waals surface area contributed by atoms with Crippen LogP contribution in [0.2, 0.25) is 0 Å². The lowest BCUT2D eigenvalue weighted by Crippen LogP contribution is -2.45. The van der Waals surface area contributed by atoms with Crippen molar-refractivity contribution in [1.29, 1.82) is 0 Å². The summed E-state index contributed by atoms with van der Waals surface area (Å²) in [5, 5.41) is 0. The third-order valence-corrected chi connectivity index (χ3v) is 4.65. The highest BCUT2D eigenvalue weighted by Gasteiger charge is 2.26. The van der Waals surface area contributed by atoms with Gasteiger partial charge in [0.1, 0.15) is 5.65 Å². The number of benzene rings is 1. The van der Waals surface area contributed by atoms with Gasteiger partial charge in [0.25, 0.3) is 0 Å². The molecule has 0 aliphatic carbocycles. The van der Waals surface area contributed by atoms with Gasteiger partial charge in [-0.1, -0.05) is 36.4 Å². The fourth-order valence-electron chi connectivity index (χ4n) is 3.31. The minimum atomic E-state index is 0.0891. The lowest BCUT2D eigenvalue weighted by Gasteiger charge is -2.34. The first-order valence-electron chi connectivity index (χ1n) is 8.62. The average Bonchev–Trinajstić information content (AvgIpc) is 3.06. The highest BCUT2D eigenvalue weighted by atomic mass is 16.5. The number of nitrogens with zero attached hydrogens (tertiary/aromatic N) is 3. The first-order valence-corrected chi connectivity index (χ1v) is 8.62. The van der Waals surface area contributed by atoms with Gasteiger partial charge in [-0.15, -0.1) is 0 Å². The number of rotatable bonds is 5. The van der Waals surface area contributed by atoms with Crippen LogP contribution in [0.15, 0.2) is 60.9 Å². The van der Waals surface area contributed by atoms with Crippen LogP contribution in [0.3, 0.4) is 0 Å². The summed E-state index contributed by atoms with van der Waals surface area (Å²) < 4.78 is 7.65. The summed E-state index contributed by atoms with van der Waals surface area (Å²) in [7, 11) is 0. The lowest BCUT2D eigenvalue weighted by molar-refractivity contribution is -0.0130. The smallest absolute Gasteiger partial charge is 0.164 e. The van der Waals surface area contributed by atoms with Crippen molar-refractivity contribution < 1.29 is 9.53 Å². The Kier molecular flexibility index (Phi) is 4.59. The van der Waals surface area contributed by atoms with Gasteiger partial charge in [0, 0.05) is 43.5 Å². The second-order valence-corrected chi connectivity index (χ2v) is 6.39. The first-order chi connectivity index (χ1) is 12.3. The van der Waals surface area contributed by atoms with Gasteiger partial charge in [-0.2, -0.15) is 0 Å². The fraction of sp³-hybridized carbons (Fsp3) is 0.300. The summed E-state index contributed by atoms with van der Waals surface area (Å²) in [4.78, 5) is 19.5. The summed E-state index contributed by atoms with van der Waals surface area (Å²) in [5.74, 6) is 0.163. The van der Waals surface area contributed by atoms with E-state index in [4.69, 9.17) is 4.74 Å². The van der Waals surface area contributed by atoms with Crippen molar-refractivity contribution in [2.45, 2.75) is 19.0 Å². The molecule has 0 saturated carbocycles. The molecule has 0 bridgehead atoms. The predicted octanol–water partition coefficient (Wildman–Crippen LogP) is 2.81. The third-order valence-electron chi connectivity index (χ3n) is 4.65. The molecular formula is C20H21N3O2. The lowest BCUT2D eigenvalue weighted by atomic mass is 10.0. The molecule has 1 unspecified atom stereocenters. The van der Waals surface area contributed by atoms with Crippen LogP contribution < -0.4 is 0 Å². The zero-order valence-corrected chi connectivity index (χ0v) is 14.0. The summed E-state index contributed by atoms with van der Waals surface area (Å²) in [6.07, 6.45) is 4.53. The van der Waals surface area contributed by atoms with Crippen molar-refractivity contribution in [2.75, 3.05) is 19.8 Å². The molecule has 1 atom stereocenters. The van der Waals surface area contributed by atoms with Crippen LogP contribution in [0.5, 0.6) is 0 Å². The minimum Gasteiger partial charge on any atom is -0.378 e. The van der Waals surface area contributed by atoms with E-state index in [-0.39, 0.29) is 11.8 Å². The molecule has 1 fully saturated rings. The third kappa shape index (κ3) is 3.62. The van der Waals surface area contributed by atoms with Gasteiger partial charge in [-0.3, -0.25) is 9.69 Å². The number of aromatic nitrogens is 2. The molecular weight excluding hydrogens is 314 g/mol. The van der Waals surface area contributed by atoms with Gasteiger partial charge in [0.2, 0.25) is 0 Å². The van der Waals surface area contributed by atoms with Gasteiger partial charge in [-0.05, 0) is 12.1 Å². The molecule has 1 aliphatic heterocycles. The second kappa shape index (κ2) is 7.17. The number of Topliss-reactive ketones (excluding diaryl/α,β-unsaturated/α-hetero) is 1. The van der Waals surface area contributed by atoms with Crippen LogP contribution in [0.4, 0.5) is 0 Å². The molecule has 5 heteroatoms. The Morgan fingerprint density at radius 1 is 1.16 bits per heavy atom. The SMILES string of the molecule is O=C(CC1COCCN1Cc1cn2ccccc2n1)c1ccccc1. The van der Waals surface area contributed by atoms with E-state index in [1.165, 1.54) is 0 Å². The van der Waals surface area contributed by atoms with E-state index in [2.05, 4.69) is 16.1 Å². The molecule has 25 heavy (non-hydrogen) atoms. The fourth-order valence-corrected chi connectivity index (χ4v) is 3.31. The number of pyridine rings is 1. The summed E-state index contributed by atoms with van der Waals surface area (Å²) in [6, 6.07) is 15.5. The van der Waals surface area contributed by atoms with Crippen LogP contribution >= 0.6 is 0 Å². The van der Waals surface area contributed by atoms with Crippen LogP contribution in [0.25, 0.3) is 5.65 Å². The van der Waals surface area contributed by atoms with Crippen LogP contribution in [0, 0.1) is 0 Å². The second-order valence-electron chi connectivity index (χ2n) is 6.39.